The van der Waals surface area contributed by atoms with Gasteiger partial charge in [-0.2, -0.15) is 0 Å². The molecule has 148 valence electrons. The first-order valence-electron chi connectivity index (χ1n) is 8.26. The van der Waals surface area contributed by atoms with Crippen LogP contribution in [0.5, 0.6) is 0 Å². The number of nitrogens with zero attached hydrogens (tertiary/aromatic N) is 3. The number of sulfonamides is 1. The third-order valence-corrected chi connectivity index (χ3v) is 5.10. The van der Waals surface area contributed by atoms with Gasteiger partial charge in [-0.25, -0.2) is 23.1 Å². The summed E-state index contributed by atoms with van der Waals surface area (Å²) < 4.78 is 26.9. The molecule has 0 spiro atoms. The van der Waals surface area contributed by atoms with Gasteiger partial charge in [0.1, 0.15) is 0 Å². The van der Waals surface area contributed by atoms with E-state index >= 15 is 0 Å². The maximum absolute atomic E-state index is 12.3. The van der Waals surface area contributed by atoms with E-state index in [-0.39, 0.29) is 28.9 Å². The normalized spacial score (nSPS) is 10.9. The molecule has 3 rings (SSSR count). The molecule has 0 aliphatic carbocycles. The first-order valence-corrected chi connectivity index (χ1v) is 9.75. The monoisotopic (exact) mass is 413 g/mol. The molecular formula is C18H15N5O5S. The number of rotatable bonds is 7. The lowest BCUT2D eigenvalue weighted by Crippen LogP contribution is -2.16. The number of carbonyl (C=O) groups is 1. The average Bonchev–Trinajstić information content (AvgIpc) is 2.69. The second-order valence-electron chi connectivity index (χ2n) is 5.85. The third kappa shape index (κ3) is 5.32. The van der Waals surface area contributed by atoms with Crippen molar-refractivity contribution in [2.24, 2.45) is 0 Å². The average molecular weight is 413 g/mol. The fourth-order valence-corrected chi connectivity index (χ4v) is 3.33. The largest absolute Gasteiger partial charge is 0.326 e. The Bertz CT molecular complexity index is 1120. The smallest absolute Gasteiger partial charge is 0.269 e. The summed E-state index contributed by atoms with van der Waals surface area (Å²) in [5.74, 6) is -0.391. The van der Waals surface area contributed by atoms with E-state index < -0.39 is 14.9 Å². The summed E-state index contributed by atoms with van der Waals surface area (Å²) in [6.45, 7) is 0. The van der Waals surface area contributed by atoms with Crippen molar-refractivity contribution in [1.29, 1.82) is 0 Å². The summed E-state index contributed by atoms with van der Waals surface area (Å²) in [7, 11) is -3.86. The summed E-state index contributed by atoms with van der Waals surface area (Å²) >= 11 is 0. The lowest BCUT2D eigenvalue weighted by molar-refractivity contribution is -0.384. The fraction of sp³-hybridized carbons (Fsp3) is 0.0556. The van der Waals surface area contributed by atoms with Gasteiger partial charge in [-0.05, 0) is 35.9 Å². The lowest BCUT2D eigenvalue weighted by Gasteiger charge is -2.08. The van der Waals surface area contributed by atoms with Crippen LogP contribution in [0.4, 0.5) is 17.3 Å². The Morgan fingerprint density at radius 3 is 2.21 bits per heavy atom. The molecule has 10 nitrogen and oxygen atoms in total. The van der Waals surface area contributed by atoms with E-state index in [4.69, 9.17) is 0 Å². The molecule has 2 N–H and O–H groups in total. The Hall–Kier alpha value is -3.86. The molecule has 2 aromatic carbocycles. The summed E-state index contributed by atoms with van der Waals surface area (Å²) in [5.41, 5.74) is 0.964. The van der Waals surface area contributed by atoms with Crippen LogP contribution in [0.3, 0.4) is 0 Å². The van der Waals surface area contributed by atoms with E-state index in [9.17, 15) is 23.3 Å². The number of nitro benzene ring substituents is 1. The summed E-state index contributed by atoms with van der Waals surface area (Å²) in [4.78, 5) is 29.9. The van der Waals surface area contributed by atoms with Crippen molar-refractivity contribution in [3.8, 4) is 0 Å². The molecule has 0 unspecified atom stereocenters. The number of hydrogen-bond donors (Lipinski definition) is 2. The van der Waals surface area contributed by atoms with Gasteiger partial charge in [0.05, 0.1) is 16.2 Å². The standard InChI is InChI=1S/C18H15N5O5S/c24-17(12-13-2-6-15(7-3-13)23(25)26)21-14-4-8-16(9-5-14)29(27,28)22-18-19-10-1-11-20-18/h1-11H,12H2,(H,21,24)(H,19,20,22). The minimum atomic E-state index is -3.86. The van der Waals surface area contributed by atoms with E-state index in [1.807, 2.05) is 0 Å². The Morgan fingerprint density at radius 2 is 1.62 bits per heavy atom. The van der Waals surface area contributed by atoms with Gasteiger partial charge in [-0.3, -0.25) is 14.9 Å². The van der Waals surface area contributed by atoms with E-state index in [0.29, 0.717) is 11.3 Å². The molecule has 1 amide bonds. The van der Waals surface area contributed by atoms with Gasteiger partial charge >= 0.3 is 0 Å². The second-order valence-corrected chi connectivity index (χ2v) is 7.53. The van der Waals surface area contributed by atoms with Crippen LogP contribution in [0.2, 0.25) is 0 Å². The van der Waals surface area contributed by atoms with Crippen molar-refractivity contribution in [1.82, 2.24) is 9.97 Å². The summed E-state index contributed by atoms with van der Waals surface area (Å²) in [6, 6.07) is 12.8. The molecule has 0 aliphatic rings. The van der Waals surface area contributed by atoms with Gasteiger partial charge in [0.25, 0.3) is 15.7 Å². The minimum Gasteiger partial charge on any atom is -0.326 e. The zero-order valence-electron chi connectivity index (χ0n) is 14.8. The van der Waals surface area contributed by atoms with E-state index in [2.05, 4.69) is 20.0 Å². The number of amides is 1. The second kappa shape index (κ2) is 8.44. The Labute approximate surface area is 165 Å². The molecule has 0 saturated carbocycles. The van der Waals surface area contributed by atoms with Crippen molar-refractivity contribution < 1.29 is 18.1 Å². The van der Waals surface area contributed by atoms with Crippen molar-refractivity contribution in [3.05, 3.63) is 82.7 Å². The summed E-state index contributed by atoms with van der Waals surface area (Å²) in [5, 5.41) is 13.3. The number of nitro groups is 1. The Morgan fingerprint density at radius 1 is 1.00 bits per heavy atom. The van der Waals surface area contributed by atoms with Gasteiger partial charge in [0.2, 0.25) is 11.9 Å². The topological polar surface area (TPSA) is 144 Å². The molecule has 0 atom stereocenters. The quantitative estimate of drug-likeness (QED) is 0.447. The first-order chi connectivity index (χ1) is 13.8. The molecule has 0 saturated heterocycles. The molecule has 1 aromatic heterocycles. The minimum absolute atomic E-state index is 0.0154. The third-order valence-electron chi connectivity index (χ3n) is 3.75. The molecule has 11 heteroatoms. The SMILES string of the molecule is O=C(Cc1ccc([N+](=O)[O-])cc1)Nc1ccc(S(=O)(=O)Nc2ncccn2)cc1. The van der Waals surface area contributed by atoms with Crippen molar-refractivity contribution in [2.75, 3.05) is 10.0 Å². The van der Waals surface area contributed by atoms with Gasteiger partial charge < -0.3 is 5.32 Å². The molecule has 29 heavy (non-hydrogen) atoms. The predicted molar refractivity (Wildman–Crippen MR) is 105 cm³/mol. The number of non-ortho nitro benzene ring substituents is 1. The number of anilines is 2. The van der Waals surface area contributed by atoms with Crippen LogP contribution in [-0.4, -0.2) is 29.2 Å². The highest BCUT2D eigenvalue weighted by Gasteiger charge is 2.15. The predicted octanol–water partition coefficient (Wildman–Crippen LogP) is 2.37. The Kier molecular flexibility index (Phi) is 5.79. The maximum atomic E-state index is 12.3. The van der Waals surface area contributed by atoms with Crippen molar-refractivity contribution in [2.45, 2.75) is 11.3 Å². The molecule has 0 fully saturated rings. The van der Waals surface area contributed by atoms with Crippen LogP contribution in [-0.2, 0) is 21.2 Å². The van der Waals surface area contributed by atoms with Crippen LogP contribution in [0.1, 0.15) is 5.56 Å². The lowest BCUT2D eigenvalue weighted by atomic mass is 10.1. The van der Waals surface area contributed by atoms with Crippen molar-refractivity contribution >= 4 is 33.3 Å². The maximum Gasteiger partial charge on any atom is 0.269 e. The van der Waals surface area contributed by atoms with Crippen LogP contribution in [0, 0.1) is 10.1 Å². The molecule has 1 heterocycles. The van der Waals surface area contributed by atoms with Crippen LogP contribution < -0.4 is 10.0 Å². The van der Waals surface area contributed by atoms with Gasteiger partial charge in [0, 0.05) is 30.2 Å². The van der Waals surface area contributed by atoms with Crippen LogP contribution >= 0.6 is 0 Å². The molecule has 3 aromatic rings. The molecule has 0 aliphatic heterocycles. The zero-order chi connectivity index (χ0) is 20.9. The first kappa shape index (κ1) is 19.9. The van der Waals surface area contributed by atoms with E-state index in [1.54, 1.807) is 6.07 Å². The van der Waals surface area contributed by atoms with E-state index in [0.717, 1.165) is 0 Å². The Balaban J connectivity index is 1.62. The van der Waals surface area contributed by atoms with Crippen molar-refractivity contribution in [3.63, 3.8) is 0 Å². The molecule has 0 radical (unpaired) electrons. The number of benzene rings is 2. The zero-order valence-corrected chi connectivity index (χ0v) is 15.7. The van der Waals surface area contributed by atoms with Crippen LogP contribution in [0.15, 0.2) is 71.9 Å². The van der Waals surface area contributed by atoms with Gasteiger partial charge in [-0.15, -0.1) is 0 Å². The summed E-state index contributed by atoms with van der Waals surface area (Å²) in [6.07, 6.45) is 2.84. The highest BCUT2D eigenvalue weighted by Crippen LogP contribution is 2.17. The molecule has 0 bridgehead atoms. The van der Waals surface area contributed by atoms with E-state index in [1.165, 1.54) is 60.9 Å². The highest BCUT2D eigenvalue weighted by molar-refractivity contribution is 7.92. The number of hydrogen-bond acceptors (Lipinski definition) is 7. The van der Waals surface area contributed by atoms with Crippen LogP contribution in [0.25, 0.3) is 0 Å². The molecular weight excluding hydrogens is 398 g/mol. The van der Waals surface area contributed by atoms with Gasteiger partial charge in [0.15, 0.2) is 0 Å². The fourth-order valence-electron chi connectivity index (χ4n) is 2.37. The highest BCUT2D eigenvalue weighted by atomic mass is 32.2. The number of nitrogens with one attached hydrogen (secondary N) is 2. The number of carbonyl (C=O) groups excluding carboxylic acids is 1. The number of aromatic nitrogens is 2. The van der Waals surface area contributed by atoms with Gasteiger partial charge in [-0.1, -0.05) is 12.1 Å².